The van der Waals surface area contributed by atoms with Crippen molar-refractivity contribution >= 4 is 5.91 Å². The fourth-order valence-electron chi connectivity index (χ4n) is 6.34. The zero-order valence-electron chi connectivity index (χ0n) is 16.8. The Bertz CT molecular complexity index is 511. The summed E-state index contributed by atoms with van der Waals surface area (Å²) >= 11 is 0. The van der Waals surface area contributed by atoms with Gasteiger partial charge in [0, 0.05) is 24.7 Å². The summed E-state index contributed by atoms with van der Waals surface area (Å²) in [7, 11) is 4.33. The topological polar surface area (TPSA) is 44.8 Å². The number of ether oxygens (including phenoxy) is 1. The minimum Gasteiger partial charge on any atom is -0.375 e. The highest BCUT2D eigenvalue weighted by Crippen LogP contribution is 2.49. The van der Waals surface area contributed by atoms with E-state index < -0.39 is 0 Å². The van der Waals surface area contributed by atoms with Crippen molar-refractivity contribution in [2.75, 3.05) is 33.8 Å². The van der Waals surface area contributed by atoms with E-state index in [0.29, 0.717) is 36.7 Å². The Morgan fingerprint density at radius 3 is 2.73 bits per heavy atom. The maximum absolute atomic E-state index is 12.7. The van der Waals surface area contributed by atoms with E-state index in [1.807, 2.05) is 0 Å². The number of rotatable bonds is 5. The highest BCUT2D eigenvalue weighted by atomic mass is 16.5. The number of nitrogens with zero attached hydrogens (tertiary/aromatic N) is 2. The van der Waals surface area contributed by atoms with Crippen LogP contribution in [0.25, 0.3) is 0 Å². The quantitative estimate of drug-likeness (QED) is 0.813. The first-order valence-corrected chi connectivity index (χ1v) is 10.8. The SMILES string of the molecule is CC(NC(=O)CN1CCOC2CC(N(C)C)CCC21)C1CC2CCC1C2. The Morgan fingerprint density at radius 2 is 2.04 bits per heavy atom. The summed E-state index contributed by atoms with van der Waals surface area (Å²) in [5, 5.41) is 3.35. The van der Waals surface area contributed by atoms with Crippen LogP contribution in [0.5, 0.6) is 0 Å². The van der Waals surface area contributed by atoms with Crippen molar-refractivity contribution in [1.82, 2.24) is 15.1 Å². The van der Waals surface area contributed by atoms with Gasteiger partial charge in [-0.05, 0) is 77.3 Å². The molecule has 4 fully saturated rings. The van der Waals surface area contributed by atoms with E-state index in [1.54, 1.807) is 0 Å². The molecule has 1 saturated heterocycles. The van der Waals surface area contributed by atoms with Gasteiger partial charge in [-0.3, -0.25) is 9.69 Å². The van der Waals surface area contributed by atoms with E-state index in [1.165, 1.54) is 32.1 Å². The summed E-state index contributed by atoms with van der Waals surface area (Å²) < 4.78 is 6.07. The molecule has 1 heterocycles. The van der Waals surface area contributed by atoms with Crippen molar-refractivity contribution < 1.29 is 9.53 Å². The molecule has 1 aliphatic heterocycles. The van der Waals surface area contributed by atoms with E-state index in [2.05, 4.69) is 36.1 Å². The fourth-order valence-corrected chi connectivity index (χ4v) is 6.34. The molecule has 3 saturated carbocycles. The molecule has 3 aliphatic carbocycles. The van der Waals surface area contributed by atoms with Gasteiger partial charge in [0.1, 0.15) is 0 Å². The van der Waals surface area contributed by atoms with Gasteiger partial charge in [-0.2, -0.15) is 0 Å². The van der Waals surface area contributed by atoms with Crippen LogP contribution in [0.4, 0.5) is 0 Å². The summed E-state index contributed by atoms with van der Waals surface area (Å²) in [6.07, 6.45) is 9.28. The van der Waals surface area contributed by atoms with Crippen LogP contribution in [-0.4, -0.2) is 73.7 Å². The predicted octanol–water partition coefficient (Wildman–Crippen LogP) is 2.11. The zero-order valence-corrected chi connectivity index (χ0v) is 16.8. The summed E-state index contributed by atoms with van der Waals surface area (Å²) in [5.41, 5.74) is 0. The van der Waals surface area contributed by atoms with Gasteiger partial charge >= 0.3 is 0 Å². The van der Waals surface area contributed by atoms with Gasteiger partial charge in [0.15, 0.2) is 0 Å². The molecule has 0 aromatic carbocycles. The smallest absolute Gasteiger partial charge is 0.234 e. The van der Waals surface area contributed by atoms with Gasteiger partial charge in [0.05, 0.1) is 19.3 Å². The van der Waals surface area contributed by atoms with Crippen LogP contribution >= 0.6 is 0 Å². The molecule has 0 spiro atoms. The number of carbonyl (C=O) groups excluding carboxylic acids is 1. The van der Waals surface area contributed by atoms with Crippen LogP contribution in [-0.2, 0) is 9.53 Å². The average molecular weight is 364 g/mol. The number of nitrogens with one attached hydrogen (secondary N) is 1. The number of carbonyl (C=O) groups is 1. The van der Waals surface area contributed by atoms with E-state index in [0.717, 1.165) is 37.8 Å². The standard InChI is InChI=1S/C21H37N3O2/c1-14(18-11-15-4-5-16(18)10-15)22-21(25)13-24-8-9-26-20-12-17(23(2)3)6-7-19(20)24/h14-20H,4-13H2,1-3H3,(H,22,25). The van der Waals surface area contributed by atoms with Crippen LogP contribution in [0.15, 0.2) is 0 Å². The summed E-state index contributed by atoms with van der Waals surface area (Å²) in [4.78, 5) is 17.4. The number of hydrogen-bond acceptors (Lipinski definition) is 4. The second-order valence-electron chi connectivity index (χ2n) is 9.57. The normalized spacial score (nSPS) is 41.2. The van der Waals surface area contributed by atoms with Crippen molar-refractivity contribution in [2.45, 2.75) is 76.1 Å². The van der Waals surface area contributed by atoms with Gasteiger partial charge in [-0.1, -0.05) is 6.42 Å². The highest BCUT2D eigenvalue weighted by molar-refractivity contribution is 5.78. The molecular weight excluding hydrogens is 326 g/mol. The molecule has 5 nitrogen and oxygen atoms in total. The lowest BCUT2D eigenvalue weighted by Crippen LogP contribution is -2.58. The molecule has 0 aromatic heterocycles. The zero-order chi connectivity index (χ0) is 18.3. The molecule has 5 heteroatoms. The summed E-state index contributed by atoms with van der Waals surface area (Å²) in [6, 6.07) is 1.37. The second kappa shape index (κ2) is 7.76. The first-order valence-electron chi connectivity index (χ1n) is 10.8. The fraction of sp³-hybridized carbons (Fsp3) is 0.952. The molecule has 1 amide bonds. The molecule has 148 valence electrons. The highest BCUT2D eigenvalue weighted by Gasteiger charge is 2.43. The Balaban J connectivity index is 1.28. The molecule has 1 N–H and O–H groups in total. The lowest BCUT2D eigenvalue weighted by molar-refractivity contribution is -0.132. The summed E-state index contributed by atoms with van der Waals surface area (Å²) in [5.74, 6) is 2.74. The number of morpholine rings is 1. The first-order chi connectivity index (χ1) is 12.5. The van der Waals surface area contributed by atoms with Gasteiger partial charge in [-0.15, -0.1) is 0 Å². The molecule has 0 aromatic rings. The van der Waals surface area contributed by atoms with E-state index in [4.69, 9.17) is 4.74 Å². The predicted molar refractivity (Wildman–Crippen MR) is 103 cm³/mol. The van der Waals surface area contributed by atoms with Crippen LogP contribution in [0.1, 0.15) is 51.9 Å². The molecule has 7 unspecified atom stereocenters. The third-order valence-corrected chi connectivity index (χ3v) is 7.81. The van der Waals surface area contributed by atoms with Gasteiger partial charge < -0.3 is 15.0 Å². The average Bonchev–Trinajstić information content (AvgIpc) is 3.24. The Kier molecular flexibility index (Phi) is 5.58. The minimum absolute atomic E-state index is 0.218. The Labute approximate surface area is 158 Å². The van der Waals surface area contributed by atoms with Crippen LogP contribution < -0.4 is 5.32 Å². The van der Waals surface area contributed by atoms with Crippen LogP contribution in [0.2, 0.25) is 0 Å². The summed E-state index contributed by atoms with van der Waals surface area (Å²) in [6.45, 7) is 4.43. The third kappa shape index (κ3) is 3.81. The maximum Gasteiger partial charge on any atom is 0.234 e. The van der Waals surface area contributed by atoms with Crippen molar-refractivity contribution in [3.8, 4) is 0 Å². The second-order valence-corrected chi connectivity index (χ2v) is 9.57. The lowest BCUT2D eigenvalue weighted by Gasteiger charge is -2.46. The van der Waals surface area contributed by atoms with E-state index in [-0.39, 0.29) is 5.91 Å². The Morgan fingerprint density at radius 1 is 1.19 bits per heavy atom. The molecule has 0 radical (unpaired) electrons. The first kappa shape index (κ1) is 18.7. The molecular formula is C21H37N3O2. The number of amides is 1. The third-order valence-electron chi connectivity index (χ3n) is 7.81. The van der Waals surface area contributed by atoms with Crippen LogP contribution in [0, 0.1) is 17.8 Å². The van der Waals surface area contributed by atoms with Crippen molar-refractivity contribution in [1.29, 1.82) is 0 Å². The van der Waals surface area contributed by atoms with Gasteiger partial charge in [0.2, 0.25) is 5.91 Å². The lowest BCUT2D eigenvalue weighted by atomic mass is 9.84. The Hall–Kier alpha value is -0.650. The maximum atomic E-state index is 12.7. The van der Waals surface area contributed by atoms with Gasteiger partial charge in [-0.25, -0.2) is 0 Å². The number of fused-ring (bicyclic) bond motifs is 3. The van der Waals surface area contributed by atoms with Crippen LogP contribution in [0.3, 0.4) is 0 Å². The molecule has 7 atom stereocenters. The molecule has 4 aliphatic rings. The molecule has 2 bridgehead atoms. The molecule has 4 rings (SSSR count). The van der Waals surface area contributed by atoms with E-state index >= 15 is 0 Å². The van der Waals surface area contributed by atoms with Crippen molar-refractivity contribution in [3.05, 3.63) is 0 Å². The van der Waals surface area contributed by atoms with E-state index in [9.17, 15) is 4.79 Å². The molecule has 26 heavy (non-hydrogen) atoms. The monoisotopic (exact) mass is 363 g/mol. The van der Waals surface area contributed by atoms with Crippen molar-refractivity contribution in [2.24, 2.45) is 17.8 Å². The van der Waals surface area contributed by atoms with Gasteiger partial charge in [0.25, 0.3) is 0 Å². The largest absolute Gasteiger partial charge is 0.375 e. The van der Waals surface area contributed by atoms with Crippen molar-refractivity contribution in [3.63, 3.8) is 0 Å². The number of hydrogen-bond donors (Lipinski definition) is 1. The minimum atomic E-state index is 0.218.